The molecule has 1 aliphatic rings. The van der Waals surface area contributed by atoms with Gasteiger partial charge >= 0.3 is 0 Å². The van der Waals surface area contributed by atoms with E-state index in [0.29, 0.717) is 23.6 Å². The molecule has 2 amide bonds. The predicted molar refractivity (Wildman–Crippen MR) is 167 cm³/mol. The predicted octanol–water partition coefficient (Wildman–Crippen LogP) is 7.04. The summed E-state index contributed by atoms with van der Waals surface area (Å²) in [5.74, 6) is 4.50. The van der Waals surface area contributed by atoms with Crippen LogP contribution >= 0.6 is 11.3 Å². The van der Waals surface area contributed by atoms with Crippen LogP contribution in [-0.4, -0.2) is 22.3 Å². The Hall–Kier alpha value is -4.57. The van der Waals surface area contributed by atoms with Crippen molar-refractivity contribution in [2.24, 2.45) is 16.2 Å². The summed E-state index contributed by atoms with van der Waals surface area (Å²) in [4.78, 5) is 28.5. The number of thiophene rings is 1. The Bertz CT molecular complexity index is 1580. The Labute approximate surface area is 249 Å². The van der Waals surface area contributed by atoms with E-state index >= 15 is 0 Å². The summed E-state index contributed by atoms with van der Waals surface area (Å²) < 4.78 is 2.12. The van der Waals surface area contributed by atoms with Crippen molar-refractivity contribution >= 4 is 34.8 Å². The van der Waals surface area contributed by atoms with Crippen LogP contribution in [0.2, 0.25) is 0 Å². The molecule has 2 heterocycles. The lowest BCUT2D eigenvalue weighted by molar-refractivity contribution is 0.0970. The second kappa shape index (κ2) is 12.9. The first-order valence-corrected chi connectivity index (χ1v) is 15.0. The number of guanidine groups is 1. The molecule has 0 saturated heterocycles. The van der Waals surface area contributed by atoms with Gasteiger partial charge in [-0.3, -0.25) is 20.3 Å². The normalized spacial score (nSPS) is 13.8. The smallest absolute Gasteiger partial charge is 0.260 e. The first kappa shape index (κ1) is 28.9. The van der Waals surface area contributed by atoms with Crippen LogP contribution in [0, 0.1) is 19.3 Å². The molecule has 0 atom stereocenters. The average molecular weight is 582 g/mol. The number of aryl methyl sites for hydroxylation is 1. The van der Waals surface area contributed by atoms with E-state index in [1.165, 1.54) is 37.7 Å². The monoisotopic (exact) mass is 581 g/mol. The third-order valence-electron chi connectivity index (χ3n) is 7.86. The highest BCUT2D eigenvalue weighted by molar-refractivity contribution is 7.12. The number of aromatic nitrogens is 1. The Kier molecular flexibility index (Phi) is 8.92. The first-order valence-electron chi connectivity index (χ1n) is 14.1. The molecule has 4 N–H and O–H groups in total. The lowest BCUT2D eigenvalue weighted by Crippen LogP contribution is -2.31. The quantitative estimate of drug-likeness (QED) is 0.0711. The van der Waals surface area contributed by atoms with E-state index in [2.05, 4.69) is 50.6 Å². The van der Waals surface area contributed by atoms with Gasteiger partial charge in [0.05, 0.1) is 17.1 Å². The molecule has 4 aromatic rings. The maximum atomic E-state index is 14.2. The van der Waals surface area contributed by atoms with E-state index in [-0.39, 0.29) is 5.91 Å². The average Bonchev–Trinajstić information content (AvgIpc) is 3.63. The van der Waals surface area contributed by atoms with Crippen LogP contribution in [0.4, 0.5) is 5.69 Å². The van der Waals surface area contributed by atoms with Crippen molar-refractivity contribution in [3.05, 3.63) is 106 Å². The summed E-state index contributed by atoms with van der Waals surface area (Å²) >= 11 is 1.64. The Balaban J connectivity index is 1.44. The summed E-state index contributed by atoms with van der Waals surface area (Å²) in [6.45, 7) is 4.33. The molecule has 0 bridgehead atoms. The Morgan fingerprint density at radius 3 is 2.40 bits per heavy atom. The lowest BCUT2D eigenvalue weighted by Gasteiger charge is -2.25. The number of nitrogens with zero attached hydrogens (tertiary/aromatic N) is 4. The summed E-state index contributed by atoms with van der Waals surface area (Å²) in [5, 5.41) is 19.3. The molecule has 2 aromatic carbocycles. The molecular weight excluding hydrogens is 546 g/mol. The van der Waals surface area contributed by atoms with Gasteiger partial charge in [0.2, 0.25) is 5.96 Å². The zero-order valence-electron chi connectivity index (χ0n) is 23.8. The van der Waals surface area contributed by atoms with Gasteiger partial charge in [0.25, 0.3) is 11.8 Å². The number of anilines is 1. The van der Waals surface area contributed by atoms with Gasteiger partial charge in [0, 0.05) is 22.6 Å². The fourth-order valence-electron chi connectivity index (χ4n) is 5.71. The minimum absolute atomic E-state index is 0.0845. The van der Waals surface area contributed by atoms with E-state index in [0.717, 1.165) is 27.6 Å². The molecule has 2 aromatic heterocycles. The van der Waals surface area contributed by atoms with Crippen molar-refractivity contribution in [1.82, 2.24) is 9.88 Å². The van der Waals surface area contributed by atoms with Crippen LogP contribution in [0.15, 0.2) is 82.4 Å². The van der Waals surface area contributed by atoms with Gasteiger partial charge in [-0.15, -0.1) is 11.3 Å². The lowest BCUT2D eigenvalue weighted by atomic mass is 9.84. The zero-order chi connectivity index (χ0) is 29.6. The first-order chi connectivity index (χ1) is 20.4. The van der Waals surface area contributed by atoms with Gasteiger partial charge in [-0.25, -0.2) is 0 Å². The number of hydrogen-bond acceptors (Lipinski definition) is 5. The third-order valence-corrected chi connectivity index (χ3v) is 8.71. The summed E-state index contributed by atoms with van der Waals surface area (Å²) in [6, 6.07) is 21.4. The fraction of sp³-hybridized carbons (Fsp3) is 0.281. The van der Waals surface area contributed by atoms with Crippen molar-refractivity contribution in [2.75, 3.05) is 4.90 Å². The van der Waals surface area contributed by atoms with Crippen LogP contribution in [0.3, 0.4) is 0 Å². The maximum Gasteiger partial charge on any atom is 0.260 e. The minimum Gasteiger partial charge on any atom is -0.309 e. The van der Waals surface area contributed by atoms with E-state index in [1.807, 2.05) is 43.5 Å². The summed E-state index contributed by atoms with van der Waals surface area (Å²) in [5.41, 5.74) is 5.92. The van der Waals surface area contributed by atoms with Crippen molar-refractivity contribution in [3.8, 4) is 5.00 Å². The molecule has 1 aliphatic carbocycles. The Morgan fingerprint density at radius 1 is 1.05 bits per heavy atom. The van der Waals surface area contributed by atoms with Crippen LogP contribution in [0.5, 0.6) is 0 Å². The van der Waals surface area contributed by atoms with Crippen LogP contribution < -0.4 is 16.1 Å². The van der Waals surface area contributed by atoms with Crippen molar-refractivity contribution < 1.29 is 9.59 Å². The molecule has 0 aliphatic heterocycles. The highest BCUT2D eigenvalue weighted by atomic mass is 32.1. The highest BCUT2D eigenvalue weighted by Crippen LogP contribution is 2.34. The molecule has 9 nitrogen and oxygen atoms in total. The van der Waals surface area contributed by atoms with E-state index in [9.17, 15) is 9.59 Å². The third kappa shape index (κ3) is 6.33. The molecule has 0 radical (unpaired) electrons. The molecule has 42 heavy (non-hydrogen) atoms. The Morgan fingerprint density at radius 2 is 1.76 bits per heavy atom. The van der Waals surface area contributed by atoms with Gasteiger partial charge in [0.15, 0.2) is 0 Å². The number of rotatable bonds is 7. The topological polar surface area (TPSA) is 129 Å². The number of nitrogens with two attached hydrogens (primary N) is 1. The number of nitrogens with one attached hydrogen (secondary N) is 2. The van der Waals surface area contributed by atoms with Crippen molar-refractivity contribution in [2.45, 2.75) is 58.4 Å². The molecule has 1 saturated carbocycles. The largest absolute Gasteiger partial charge is 0.309 e. The minimum atomic E-state index is -0.494. The van der Waals surface area contributed by atoms with Crippen LogP contribution in [0.1, 0.15) is 81.3 Å². The van der Waals surface area contributed by atoms with Gasteiger partial charge < -0.3 is 15.3 Å². The van der Waals surface area contributed by atoms with Crippen molar-refractivity contribution in [1.29, 1.82) is 5.41 Å². The zero-order valence-corrected chi connectivity index (χ0v) is 24.7. The molecule has 0 unspecified atom stereocenters. The van der Waals surface area contributed by atoms with Crippen LogP contribution in [-0.2, 0) is 6.54 Å². The molecule has 5 rings (SSSR count). The fourth-order valence-corrected chi connectivity index (χ4v) is 6.55. The van der Waals surface area contributed by atoms with Crippen molar-refractivity contribution in [3.63, 3.8) is 0 Å². The second-order valence-electron chi connectivity index (χ2n) is 10.6. The standard InChI is InChI=1S/C32H35N7O2S/c1-21-19-28(22(2)39(21)29-9-6-18-42-29)31(41)38(27-16-14-25(15-17-27)24-7-4-3-5-8-24)20-23-10-12-26(13-11-23)30(40)35-32(33)36-37-34/h6,9-19,24H,3-5,7-8,20H2,1-2H3,(H4,33,34,35,36,40). The SMILES string of the molecule is Cc1cc(C(=O)N(Cc2ccc(C(=O)NC(=N)N=NN)cc2)c2ccc(C3CCCCC3)cc2)c(C)n1-c1cccs1. The van der Waals surface area contributed by atoms with E-state index in [1.54, 1.807) is 28.4 Å². The molecule has 10 heteroatoms. The number of benzene rings is 2. The maximum absolute atomic E-state index is 14.2. The van der Waals surface area contributed by atoms with E-state index in [4.69, 9.17) is 11.3 Å². The summed E-state index contributed by atoms with van der Waals surface area (Å²) in [7, 11) is 0. The number of carbonyl (C=O) groups excluding carboxylic acids is 2. The number of carbonyl (C=O) groups is 2. The number of amides is 2. The molecule has 216 valence electrons. The molecule has 0 spiro atoms. The molecular formula is C32H35N7O2S. The highest BCUT2D eigenvalue weighted by Gasteiger charge is 2.25. The van der Waals surface area contributed by atoms with E-state index < -0.39 is 11.9 Å². The van der Waals surface area contributed by atoms with Crippen LogP contribution in [0.25, 0.3) is 5.00 Å². The second-order valence-corrected chi connectivity index (χ2v) is 11.5. The summed E-state index contributed by atoms with van der Waals surface area (Å²) in [6.07, 6.45) is 6.27. The van der Waals surface area contributed by atoms with Gasteiger partial charge in [-0.2, -0.15) is 0 Å². The van der Waals surface area contributed by atoms with Gasteiger partial charge in [-0.1, -0.05) is 53.9 Å². The molecule has 1 fully saturated rings. The van der Waals surface area contributed by atoms with Gasteiger partial charge in [-0.05, 0) is 91.6 Å². The van der Waals surface area contributed by atoms with Gasteiger partial charge in [0.1, 0.15) is 0 Å². The number of hydrogen-bond donors (Lipinski definition) is 3.